The van der Waals surface area contributed by atoms with E-state index in [2.05, 4.69) is 6.58 Å². The van der Waals surface area contributed by atoms with Crippen LogP contribution in [0.25, 0.3) is 0 Å². The molecule has 0 bridgehead atoms. The Labute approximate surface area is 100.0 Å². The van der Waals surface area contributed by atoms with Gasteiger partial charge in [0.25, 0.3) is 0 Å². The van der Waals surface area contributed by atoms with Crippen LogP contribution in [0.4, 0.5) is 0 Å². The van der Waals surface area contributed by atoms with Crippen molar-refractivity contribution in [3.63, 3.8) is 0 Å². The lowest BCUT2D eigenvalue weighted by molar-refractivity contribution is -0.157. The molecule has 4 nitrogen and oxygen atoms in total. The molecule has 3 fully saturated rings. The number of ether oxygens (including phenoxy) is 2. The summed E-state index contributed by atoms with van der Waals surface area (Å²) in [6.45, 7) is 4.36. The number of carbonyl (C=O) groups is 2. The van der Waals surface area contributed by atoms with Crippen molar-refractivity contribution in [1.82, 2.24) is 0 Å². The second-order valence-electron chi connectivity index (χ2n) is 5.44. The van der Waals surface area contributed by atoms with Gasteiger partial charge in [-0.15, -0.1) is 0 Å². The van der Waals surface area contributed by atoms with Gasteiger partial charge in [-0.1, -0.05) is 12.2 Å². The first-order chi connectivity index (χ1) is 8.09. The van der Waals surface area contributed by atoms with Crippen LogP contribution in [0, 0.1) is 23.2 Å². The van der Waals surface area contributed by atoms with E-state index in [9.17, 15) is 9.59 Å². The molecule has 4 atom stereocenters. The lowest BCUT2D eigenvalue weighted by Crippen LogP contribution is -2.39. The Kier molecular flexibility index (Phi) is 2.12. The molecule has 0 amide bonds. The zero-order valence-electron chi connectivity index (χ0n) is 9.90. The minimum absolute atomic E-state index is 0.00769. The van der Waals surface area contributed by atoms with Gasteiger partial charge in [-0.3, -0.25) is 9.59 Å². The number of methoxy groups -OCH3 is 1. The molecule has 0 unspecified atom stereocenters. The van der Waals surface area contributed by atoms with Crippen LogP contribution in [-0.4, -0.2) is 25.7 Å². The molecule has 0 N–H and O–H groups in total. The highest BCUT2D eigenvalue weighted by Gasteiger charge is 2.66. The molecule has 0 aromatic rings. The van der Waals surface area contributed by atoms with Gasteiger partial charge in [0.2, 0.25) is 0 Å². The molecule has 2 aliphatic carbocycles. The van der Waals surface area contributed by atoms with E-state index in [0.29, 0.717) is 13.0 Å². The second kappa shape index (κ2) is 3.34. The highest BCUT2D eigenvalue weighted by Crippen LogP contribution is 2.63. The fourth-order valence-electron chi connectivity index (χ4n) is 4.10. The van der Waals surface area contributed by atoms with Gasteiger partial charge in [-0.05, 0) is 25.2 Å². The fourth-order valence-corrected chi connectivity index (χ4v) is 4.10. The summed E-state index contributed by atoms with van der Waals surface area (Å²) < 4.78 is 10.1. The topological polar surface area (TPSA) is 52.6 Å². The normalized spacial score (nSPS) is 43.2. The van der Waals surface area contributed by atoms with Crippen molar-refractivity contribution in [2.75, 3.05) is 13.7 Å². The first kappa shape index (κ1) is 10.8. The van der Waals surface area contributed by atoms with E-state index in [0.717, 1.165) is 18.4 Å². The average Bonchev–Trinajstić information content (AvgIpc) is 2.88. The van der Waals surface area contributed by atoms with Crippen LogP contribution in [0.1, 0.15) is 19.3 Å². The van der Waals surface area contributed by atoms with Crippen molar-refractivity contribution in [3.05, 3.63) is 12.2 Å². The van der Waals surface area contributed by atoms with Crippen molar-refractivity contribution in [2.24, 2.45) is 23.2 Å². The van der Waals surface area contributed by atoms with Crippen LogP contribution < -0.4 is 0 Å². The first-order valence-electron chi connectivity index (χ1n) is 6.01. The van der Waals surface area contributed by atoms with Gasteiger partial charge in [-0.25, -0.2) is 0 Å². The summed E-state index contributed by atoms with van der Waals surface area (Å²) in [4.78, 5) is 23.8. The monoisotopic (exact) mass is 236 g/mol. The van der Waals surface area contributed by atoms with Gasteiger partial charge in [-0.2, -0.15) is 0 Å². The smallest absolute Gasteiger partial charge is 0.312 e. The summed E-state index contributed by atoms with van der Waals surface area (Å²) in [5.74, 6) is -0.227. The highest BCUT2D eigenvalue weighted by atomic mass is 16.5. The van der Waals surface area contributed by atoms with E-state index >= 15 is 0 Å². The Morgan fingerprint density at radius 3 is 3.06 bits per heavy atom. The van der Waals surface area contributed by atoms with Crippen LogP contribution in [0.15, 0.2) is 12.2 Å². The largest absolute Gasteiger partial charge is 0.469 e. The number of fused-ring (bicyclic) bond motifs is 3. The Bertz CT molecular complexity index is 414. The van der Waals surface area contributed by atoms with Gasteiger partial charge in [0, 0.05) is 5.92 Å². The van der Waals surface area contributed by atoms with Crippen LogP contribution >= 0.6 is 0 Å². The minimum atomic E-state index is -0.539. The summed E-state index contributed by atoms with van der Waals surface area (Å²) in [6.07, 6.45) is 2.25. The van der Waals surface area contributed by atoms with Crippen LogP contribution in [0.3, 0.4) is 0 Å². The van der Waals surface area contributed by atoms with Crippen molar-refractivity contribution in [1.29, 1.82) is 0 Å². The van der Waals surface area contributed by atoms with Gasteiger partial charge >= 0.3 is 11.9 Å². The second-order valence-corrected chi connectivity index (χ2v) is 5.44. The molecule has 17 heavy (non-hydrogen) atoms. The molecule has 0 radical (unpaired) electrons. The summed E-state index contributed by atoms with van der Waals surface area (Å²) in [5, 5.41) is 0. The molecule has 1 heterocycles. The number of hydrogen-bond donors (Lipinski definition) is 0. The van der Waals surface area contributed by atoms with Gasteiger partial charge in [0.05, 0.1) is 25.0 Å². The molecule has 0 aromatic carbocycles. The molecule has 0 spiro atoms. The maximum absolute atomic E-state index is 12.2. The molecular formula is C13H16O4. The molecule has 1 aliphatic heterocycles. The van der Waals surface area contributed by atoms with E-state index in [1.54, 1.807) is 0 Å². The molecule has 3 aliphatic rings. The van der Waals surface area contributed by atoms with E-state index in [4.69, 9.17) is 9.47 Å². The van der Waals surface area contributed by atoms with Crippen molar-refractivity contribution in [2.45, 2.75) is 19.3 Å². The Balaban J connectivity index is 2.03. The molecule has 2 saturated carbocycles. The van der Waals surface area contributed by atoms with Gasteiger partial charge in [0.1, 0.15) is 0 Å². The van der Waals surface area contributed by atoms with Gasteiger partial charge in [0.15, 0.2) is 0 Å². The summed E-state index contributed by atoms with van der Waals surface area (Å²) in [5.41, 5.74) is 0.557. The lowest BCUT2D eigenvalue weighted by atomic mass is 9.73. The number of hydrogen-bond acceptors (Lipinski definition) is 4. The zero-order chi connectivity index (χ0) is 12.2. The number of rotatable bonds is 1. The van der Waals surface area contributed by atoms with Crippen LogP contribution in [0.2, 0.25) is 0 Å². The predicted octanol–water partition coefficient (Wildman–Crippen LogP) is 1.30. The quantitative estimate of drug-likeness (QED) is 0.508. The third kappa shape index (κ3) is 1.18. The standard InChI is InChI=1S/C13H16O4/c1-7-3-8-4-9-10(6-17-11(9)14)13(8,5-7)12(15)16-2/h8-10H,1,3-6H2,2H3/t8-,9+,10+,13+/m1/s1. The SMILES string of the molecule is C=C1C[C@@H]2C[C@@H]3C(=O)OC[C@@H]3[C@]2(C(=O)OC)C1. The lowest BCUT2D eigenvalue weighted by Gasteiger charge is -2.30. The van der Waals surface area contributed by atoms with Crippen LogP contribution in [0.5, 0.6) is 0 Å². The maximum atomic E-state index is 12.2. The number of carbonyl (C=O) groups excluding carboxylic acids is 2. The van der Waals surface area contributed by atoms with E-state index in [1.807, 2.05) is 0 Å². The number of cyclic esters (lactones) is 1. The van der Waals surface area contributed by atoms with E-state index in [-0.39, 0.29) is 29.7 Å². The van der Waals surface area contributed by atoms with Crippen molar-refractivity contribution >= 4 is 11.9 Å². The van der Waals surface area contributed by atoms with Crippen LogP contribution in [-0.2, 0) is 19.1 Å². The number of esters is 2. The zero-order valence-corrected chi connectivity index (χ0v) is 9.90. The van der Waals surface area contributed by atoms with E-state index < -0.39 is 5.41 Å². The maximum Gasteiger partial charge on any atom is 0.312 e. The summed E-state index contributed by atoms with van der Waals surface area (Å²) in [7, 11) is 1.42. The predicted molar refractivity (Wildman–Crippen MR) is 58.9 cm³/mol. The Hall–Kier alpha value is -1.32. The average molecular weight is 236 g/mol. The summed E-state index contributed by atoms with van der Waals surface area (Å²) in [6, 6.07) is 0. The van der Waals surface area contributed by atoms with Crippen molar-refractivity contribution in [3.8, 4) is 0 Å². The molecule has 1 saturated heterocycles. The minimum Gasteiger partial charge on any atom is -0.469 e. The third-order valence-corrected chi connectivity index (χ3v) is 4.77. The van der Waals surface area contributed by atoms with E-state index in [1.165, 1.54) is 7.11 Å². The Morgan fingerprint density at radius 1 is 1.59 bits per heavy atom. The number of allylic oxidation sites excluding steroid dienone is 1. The molecule has 0 aromatic heterocycles. The van der Waals surface area contributed by atoms with Gasteiger partial charge < -0.3 is 9.47 Å². The Morgan fingerprint density at radius 2 is 2.35 bits per heavy atom. The fraction of sp³-hybridized carbons (Fsp3) is 0.692. The molecule has 92 valence electrons. The molecular weight excluding hydrogens is 220 g/mol. The highest BCUT2D eigenvalue weighted by molar-refractivity contribution is 5.84. The third-order valence-electron chi connectivity index (χ3n) is 4.77. The summed E-state index contributed by atoms with van der Waals surface area (Å²) >= 11 is 0. The molecule has 4 heteroatoms. The first-order valence-corrected chi connectivity index (χ1v) is 6.01. The molecule has 3 rings (SSSR count). The van der Waals surface area contributed by atoms with Crippen molar-refractivity contribution < 1.29 is 19.1 Å².